The first-order valence-corrected chi connectivity index (χ1v) is 5.30. The maximum atomic E-state index is 11.7. The molecule has 0 aliphatic rings. The van der Waals surface area contributed by atoms with Gasteiger partial charge in [0, 0.05) is 12.5 Å². The number of rotatable bonds is 3. The number of carbonyl (C=O) groups is 1. The number of H-pyrrole nitrogens is 1. The predicted molar refractivity (Wildman–Crippen MR) is 62.7 cm³/mol. The lowest BCUT2D eigenvalue weighted by molar-refractivity contribution is -0.107. The summed E-state index contributed by atoms with van der Waals surface area (Å²) >= 11 is 0. The van der Waals surface area contributed by atoms with Crippen molar-refractivity contribution in [3.63, 3.8) is 0 Å². The van der Waals surface area contributed by atoms with E-state index >= 15 is 0 Å². The molecule has 84 valence electrons. The molecule has 4 heteroatoms. The molecule has 0 bridgehead atoms. The van der Waals surface area contributed by atoms with E-state index in [4.69, 9.17) is 0 Å². The van der Waals surface area contributed by atoms with Crippen molar-refractivity contribution in [3.05, 3.63) is 34.2 Å². The zero-order chi connectivity index (χ0) is 11.7. The number of aldehydes is 1. The summed E-state index contributed by atoms with van der Waals surface area (Å²) < 4.78 is 1.71. The number of imidazole rings is 1. The van der Waals surface area contributed by atoms with Crippen molar-refractivity contribution >= 4 is 17.3 Å². The molecule has 0 spiro atoms. The second-order valence-electron chi connectivity index (χ2n) is 4.12. The third-order valence-corrected chi connectivity index (χ3v) is 2.62. The molecule has 0 fully saturated rings. The largest absolute Gasteiger partial charge is 0.326 e. The van der Waals surface area contributed by atoms with Gasteiger partial charge in [-0.15, -0.1) is 0 Å². The monoisotopic (exact) mass is 218 g/mol. The van der Waals surface area contributed by atoms with Crippen LogP contribution >= 0.6 is 0 Å². The van der Waals surface area contributed by atoms with Crippen molar-refractivity contribution < 1.29 is 4.79 Å². The lowest BCUT2D eigenvalue weighted by Crippen LogP contribution is -2.18. The first-order chi connectivity index (χ1) is 7.63. The average Bonchev–Trinajstić information content (AvgIpc) is 2.53. The maximum Gasteiger partial charge on any atom is 0.326 e. The predicted octanol–water partition coefficient (Wildman–Crippen LogP) is 1.65. The van der Waals surface area contributed by atoms with Crippen molar-refractivity contribution in [2.45, 2.75) is 26.3 Å². The normalized spacial score (nSPS) is 11.2. The van der Waals surface area contributed by atoms with Crippen molar-refractivity contribution in [3.8, 4) is 0 Å². The SMILES string of the molecule is CC(C)n1c(=O)[nH]c2cc(CC=O)ccc21. The molecule has 1 aromatic carbocycles. The molecule has 2 aromatic rings. The summed E-state index contributed by atoms with van der Waals surface area (Å²) in [6.07, 6.45) is 1.24. The quantitative estimate of drug-likeness (QED) is 0.796. The van der Waals surface area contributed by atoms with Crippen LogP contribution in [-0.4, -0.2) is 15.8 Å². The fourth-order valence-electron chi connectivity index (χ4n) is 1.91. The second-order valence-corrected chi connectivity index (χ2v) is 4.12. The summed E-state index contributed by atoms with van der Waals surface area (Å²) in [6, 6.07) is 5.73. The number of hydrogen-bond donors (Lipinski definition) is 1. The molecule has 2 rings (SSSR count). The summed E-state index contributed by atoms with van der Waals surface area (Å²) in [5.41, 5.74) is 2.49. The van der Waals surface area contributed by atoms with Crippen LogP contribution in [0.1, 0.15) is 25.5 Å². The van der Waals surface area contributed by atoms with Crippen molar-refractivity contribution in [2.24, 2.45) is 0 Å². The first kappa shape index (κ1) is 10.7. The summed E-state index contributed by atoms with van der Waals surface area (Å²) in [5, 5.41) is 0. The Labute approximate surface area is 92.9 Å². The van der Waals surface area contributed by atoms with Crippen molar-refractivity contribution in [2.75, 3.05) is 0 Å². The molecule has 16 heavy (non-hydrogen) atoms. The van der Waals surface area contributed by atoms with E-state index in [0.717, 1.165) is 22.9 Å². The van der Waals surface area contributed by atoms with Crippen LogP contribution in [0.15, 0.2) is 23.0 Å². The summed E-state index contributed by atoms with van der Waals surface area (Å²) in [6.45, 7) is 3.93. The van der Waals surface area contributed by atoms with E-state index in [1.54, 1.807) is 4.57 Å². The Hall–Kier alpha value is -1.84. The van der Waals surface area contributed by atoms with Crippen LogP contribution in [0.5, 0.6) is 0 Å². The van der Waals surface area contributed by atoms with Crippen molar-refractivity contribution in [1.29, 1.82) is 0 Å². The van der Waals surface area contributed by atoms with Gasteiger partial charge in [-0.2, -0.15) is 0 Å². The van der Waals surface area contributed by atoms with Gasteiger partial charge in [-0.25, -0.2) is 4.79 Å². The lowest BCUT2D eigenvalue weighted by Gasteiger charge is -2.06. The maximum absolute atomic E-state index is 11.7. The molecule has 0 radical (unpaired) electrons. The number of carbonyl (C=O) groups excluding carboxylic acids is 1. The summed E-state index contributed by atoms with van der Waals surface area (Å²) in [5.74, 6) is 0. The third-order valence-electron chi connectivity index (χ3n) is 2.62. The molecule has 1 N–H and O–H groups in total. The molecule has 0 saturated carbocycles. The number of fused-ring (bicyclic) bond motifs is 1. The first-order valence-electron chi connectivity index (χ1n) is 5.30. The van der Waals surface area contributed by atoms with E-state index in [0.29, 0.717) is 6.42 Å². The van der Waals surface area contributed by atoms with Gasteiger partial charge in [0.1, 0.15) is 6.29 Å². The van der Waals surface area contributed by atoms with Gasteiger partial charge < -0.3 is 9.78 Å². The van der Waals surface area contributed by atoms with Gasteiger partial charge in [0.2, 0.25) is 0 Å². The van der Waals surface area contributed by atoms with Gasteiger partial charge in [0.05, 0.1) is 11.0 Å². The zero-order valence-electron chi connectivity index (χ0n) is 9.36. The third kappa shape index (κ3) is 1.66. The minimum Gasteiger partial charge on any atom is -0.306 e. The number of aromatic amines is 1. The minimum atomic E-state index is -0.103. The van der Waals surface area contributed by atoms with Crippen LogP contribution < -0.4 is 5.69 Å². The van der Waals surface area contributed by atoms with E-state index in [1.807, 2.05) is 32.0 Å². The van der Waals surface area contributed by atoms with E-state index in [2.05, 4.69) is 4.98 Å². The van der Waals surface area contributed by atoms with E-state index in [1.165, 1.54) is 0 Å². The Morgan fingerprint density at radius 1 is 1.44 bits per heavy atom. The fourth-order valence-corrected chi connectivity index (χ4v) is 1.91. The number of benzene rings is 1. The van der Waals surface area contributed by atoms with Crippen LogP contribution in [0, 0.1) is 0 Å². The molecule has 0 aliphatic heterocycles. The van der Waals surface area contributed by atoms with Crippen LogP contribution in [0.4, 0.5) is 0 Å². The van der Waals surface area contributed by atoms with Gasteiger partial charge in [0.25, 0.3) is 0 Å². The Morgan fingerprint density at radius 2 is 2.19 bits per heavy atom. The molecule has 1 aromatic heterocycles. The average molecular weight is 218 g/mol. The molecule has 4 nitrogen and oxygen atoms in total. The Morgan fingerprint density at radius 3 is 2.81 bits per heavy atom. The van der Waals surface area contributed by atoms with E-state index < -0.39 is 0 Å². The standard InChI is InChI=1S/C12H14N2O2/c1-8(2)14-11-4-3-9(5-6-15)7-10(11)13-12(14)16/h3-4,6-8H,5H2,1-2H3,(H,13,16). The highest BCUT2D eigenvalue weighted by atomic mass is 16.1. The van der Waals surface area contributed by atoms with Gasteiger partial charge >= 0.3 is 5.69 Å². The molecule has 0 atom stereocenters. The van der Waals surface area contributed by atoms with Crippen LogP contribution in [0.2, 0.25) is 0 Å². The molecule has 0 aliphatic carbocycles. The van der Waals surface area contributed by atoms with Gasteiger partial charge in [-0.05, 0) is 31.5 Å². The van der Waals surface area contributed by atoms with Gasteiger partial charge in [-0.3, -0.25) is 4.57 Å². The lowest BCUT2D eigenvalue weighted by atomic mass is 10.1. The molecule has 1 heterocycles. The highest BCUT2D eigenvalue weighted by molar-refractivity contribution is 5.77. The molecular formula is C12H14N2O2. The Bertz CT molecular complexity index is 578. The highest BCUT2D eigenvalue weighted by Crippen LogP contribution is 2.16. The van der Waals surface area contributed by atoms with E-state index in [-0.39, 0.29) is 11.7 Å². The van der Waals surface area contributed by atoms with Crippen LogP contribution in [0.3, 0.4) is 0 Å². The Balaban J connectivity index is 2.65. The number of nitrogens with zero attached hydrogens (tertiary/aromatic N) is 1. The topological polar surface area (TPSA) is 54.9 Å². The fraction of sp³-hybridized carbons (Fsp3) is 0.333. The summed E-state index contributed by atoms with van der Waals surface area (Å²) in [7, 11) is 0. The summed E-state index contributed by atoms with van der Waals surface area (Å²) in [4.78, 5) is 24.9. The molecule has 0 saturated heterocycles. The molecule has 0 amide bonds. The number of hydrogen-bond acceptors (Lipinski definition) is 2. The zero-order valence-corrected chi connectivity index (χ0v) is 9.36. The number of aromatic nitrogens is 2. The highest BCUT2D eigenvalue weighted by Gasteiger charge is 2.09. The Kier molecular flexibility index (Phi) is 2.64. The van der Waals surface area contributed by atoms with Crippen molar-refractivity contribution in [1.82, 2.24) is 9.55 Å². The smallest absolute Gasteiger partial charge is 0.306 e. The molecular weight excluding hydrogens is 204 g/mol. The van der Waals surface area contributed by atoms with E-state index in [9.17, 15) is 9.59 Å². The second kappa shape index (κ2) is 3.96. The van der Waals surface area contributed by atoms with Gasteiger partial charge in [-0.1, -0.05) is 6.07 Å². The minimum absolute atomic E-state index is 0.103. The van der Waals surface area contributed by atoms with Crippen LogP contribution in [-0.2, 0) is 11.2 Å². The van der Waals surface area contributed by atoms with Crippen LogP contribution in [0.25, 0.3) is 11.0 Å². The van der Waals surface area contributed by atoms with Gasteiger partial charge in [0.15, 0.2) is 0 Å². The molecule has 0 unspecified atom stereocenters. The number of nitrogens with one attached hydrogen (secondary N) is 1.